The third-order valence-electron chi connectivity index (χ3n) is 3.77. The van der Waals surface area contributed by atoms with Crippen LogP contribution in [0.5, 0.6) is 0 Å². The topological polar surface area (TPSA) is 72.5 Å². The van der Waals surface area contributed by atoms with Crippen LogP contribution in [0.2, 0.25) is 5.02 Å². The third-order valence-corrected chi connectivity index (χ3v) is 4.08. The molecular weight excluding hydrogens is 373 g/mol. The fourth-order valence-corrected chi connectivity index (χ4v) is 2.49. The molecule has 0 saturated carbocycles. The lowest BCUT2D eigenvalue weighted by molar-refractivity contribution is -0.123. The average molecular weight is 392 g/mol. The highest BCUT2D eigenvalue weighted by Gasteiger charge is 2.20. The van der Waals surface area contributed by atoms with Gasteiger partial charge in [0.05, 0.1) is 5.02 Å². The highest BCUT2D eigenvalue weighted by molar-refractivity contribution is 6.33. The molecule has 2 rings (SSSR count). The van der Waals surface area contributed by atoms with Crippen molar-refractivity contribution in [1.82, 2.24) is 5.32 Å². The molecule has 0 fully saturated rings. The van der Waals surface area contributed by atoms with Gasteiger partial charge in [0.25, 0.3) is 11.8 Å². The van der Waals surface area contributed by atoms with Crippen LogP contribution in [-0.4, -0.2) is 24.4 Å². The minimum Gasteiger partial charge on any atom is -0.452 e. The molecule has 0 spiro atoms. The molecule has 0 radical (unpaired) electrons. The fraction of sp³-hybridized carbons (Fsp3) is 0.250. The van der Waals surface area contributed by atoms with Crippen molar-refractivity contribution >= 4 is 29.4 Å². The van der Waals surface area contributed by atoms with Gasteiger partial charge in [-0.2, -0.15) is 0 Å². The van der Waals surface area contributed by atoms with Gasteiger partial charge in [0.1, 0.15) is 11.4 Å². The number of rotatable bonds is 4. The Morgan fingerprint density at radius 1 is 1.07 bits per heavy atom. The lowest BCUT2D eigenvalue weighted by Crippen LogP contribution is -2.34. The molecule has 0 aliphatic heterocycles. The Labute approximate surface area is 161 Å². The number of halogens is 2. The molecule has 0 aliphatic rings. The van der Waals surface area contributed by atoms with E-state index in [2.05, 4.69) is 5.32 Å². The monoisotopic (exact) mass is 391 g/mol. The molecule has 0 unspecified atom stereocenters. The predicted octanol–water partition coefficient (Wildman–Crippen LogP) is 3.89. The number of benzene rings is 2. The second-order valence-corrected chi connectivity index (χ2v) is 7.28. The van der Waals surface area contributed by atoms with Crippen molar-refractivity contribution in [1.29, 1.82) is 0 Å². The molecule has 5 nitrogen and oxygen atoms in total. The number of amides is 2. The van der Waals surface area contributed by atoms with Crippen LogP contribution in [0, 0.1) is 5.82 Å². The van der Waals surface area contributed by atoms with Crippen molar-refractivity contribution in [2.24, 2.45) is 0 Å². The average Bonchev–Trinajstić information content (AvgIpc) is 2.59. The van der Waals surface area contributed by atoms with Gasteiger partial charge in [-0.1, -0.05) is 50.6 Å². The van der Waals surface area contributed by atoms with Gasteiger partial charge >= 0.3 is 5.97 Å². The Balaban J connectivity index is 1.93. The number of hydrogen-bond acceptors (Lipinski definition) is 4. The Bertz CT molecular complexity index is 852. The predicted molar refractivity (Wildman–Crippen MR) is 99.3 cm³/mol. The summed E-state index contributed by atoms with van der Waals surface area (Å²) < 4.78 is 18.4. The molecule has 0 atom stereocenters. The van der Waals surface area contributed by atoms with Gasteiger partial charge in [0, 0.05) is 5.56 Å². The van der Waals surface area contributed by atoms with E-state index >= 15 is 0 Å². The van der Waals surface area contributed by atoms with Crippen LogP contribution in [0.25, 0.3) is 0 Å². The molecule has 0 aromatic heterocycles. The SMILES string of the molecule is CC(C)(C)c1ccc(C(=O)NC(=O)COC(=O)c2c(F)cccc2Cl)cc1. The normalized spacial score (nSPS) is 11.0. The summed E-state index contributed by atoms with van der Waals surface area (Å²) in [7, 11) is 0. The van der Waals surface area contributed by atoms with Gasteiger partial charge in [-0.15, -0.1) is 0 Å². The second-order valence-electron chi connectivity index (χ2n) is 6.88. The summed E-state index contributed by atoms with van der Waals surface area (Å²) in [6, 6.07) is 10.5. The van der Waals surface area contributed by atoms with Gasteiger partial charge in [-0.05, 0) is 35.2 Å². The number of hydrogen-bond donors (Lipinski definition) is 1. The van der Waals surface area contributed by atoms with Crippen LogP contribution < -0.4 is 5.32 Å². The fourth-order valence-electron chi connectivity index (χ4n) is 2.25. The first-order chi connectivity index (χ1) is 12.6. The number of nitrogens with one attached hydrogen (secondary N) is 1. The summed E-state index contributed by atoms with van der Waals surface area (Å²) in [5, 5.41) is 1.98. The minimum atomic E-state index is -1.09. The third kappa shape index (κ3) is 5.37. The standard InChI is InChI=1S/C20H19ClFNO4/c1-20(2,3)13-9-7-12(8-10-13)18(25)23-16(24)11-27-19(26)17-14(21)5-4-6-15(17)22/h4-10H,11H2,1-3H3,(H,23,24,25). The summed E-state index contributed by atoms with van der Waals surface area (Å²) in [4.78, 5) is 35.8. The number of esters is 1. The summed E-state index contributed by atoms with van der Waals surface area (Å²) >= 11 is 5.75. The van der Waals surface area contributed by atoms with Crippen LogP contribution in [0.1, 0.15) is 47.1 Å². The zero-order valence-corrected chi connectivity index (χ0v) is 15.9. The van der Waals surface area contributed by atoms with E-state index in [9.17, 15) is 18.8 Å². The number of carbonyl (C=O) groups is 3. The van der Waals surface area contributed by atoms with E-state index in [4.69, 9.17) is 16.3 Å². The lowest BCUT2D eigenvalue weighted by atomic mass is 9.87. The summed E-state index contributed by atoms with van der Waals surface area (Å²) in [6.45, 7) is 5.39. The van der Waals surface area contributed by atoms with Gasteiger partial charge in [0.2, 0.25) is 0 Å². The molecule has 2 amide bonds. The molecular formula is C20H19ClFNO4. The number of ether oxygens (including phenoxy) is 1. The highest BCUT2D eigenvalue weighted by atomic mass is 35.5. The molecule has 0 saturated heterocycles. The van der Waals surface area contributed by atoms with E-state index in [1.165, 1.54) is 12.1 Å². The summed E-state index contributed by atoms with van der Waals surface area (Å²) in [5.41, 5.74) is 0.810. The van der Waals surface area contributed by atoms with Crippen molar-refractivity contribution in [2.75, 3.05) is 6.61 Å². The zero-order valence-electron chi connectivity index (χ0n) is 15.1. The van der Waals surface area contributed by atoms with Crippen LogP contribution in [0.4, 0.5) is 4.39 Å². The van der Waals surface area contributed by atoms with Gasteiger partial charge in [-0.3, -0.25) is 14.9 Å². The smallest absolute Gasteiger partial charge is 0.343 e. The zero-order chi connectivity index (χ0) is 20.2. The maximum atomic E-state index is 13.6. The van der Waals surface area contributed by atoms with Gasteiger partial charge < -0.3 is 4.74 Å². The van der Waals surface area contributed by atoms with Gasteiger partial charge in [-0.25, -0.2) is 9.18 Å². The van der Waals surface area contributed by atoms with Crippen molar-refractivity contribution in [3.63, 3.8) is 0 Å². The van der Waals surface area contributed by atoms with E-state index in [-0.39, 0.29) is 10.4 Å². The van der Waals surface area contributed by atoms with Crippen molar-refractivity contribution in [2.45, 2.75) is 26.2 Å². The summed E-state index contributed by atoms with van der Waals surface area (Å²) in [6.07, 6.45) is 0. The molecule has 0 aliphatic carbocycles. The summed E-state index contributed by atoms with van der Waals surface area (Å²) in [5.74, 6) is -3.40. The maximum Gasteiger partial charge on any atom is 0.343 e. The lowest BCUT2D eigenvalue weighted by Gasteiger charge is -2.19. The largest absolute Gasteiger partial charge is 0.452 e. The van der Waals surface area contributed by atoms with Crippen LogP contribution >= 0.6 is 11.6 Å². The molecule has 27 heavy (non-hydrogen) atoms. The minimum absolute atomic E-state index is 0.0625. The van der Waals surface area contributed by atoms with E-state index < -0.39 is 35.8 Å². The first-order valence-corrected chi connectivity index (χ1v) is 8.53. The highest BCUT2D eigenvalue weighted by Crippen LogP contribution is 2.22. The molecule has 0 bridgehead atoms. The van der Waals surface area contributed by atoms with Crippen molar-refractivity contribution < 1.29 is 23.5 Å². The van der Waals surface area contributed by atoms with Crippen molar-refractivity contribution in [3.8, 4) is 0 Å². The molecule has 0 heterocycles. The first-order valence-electron chi connectivity index (χ1n) is 8.15. The van der Waals surface area contributed by atoms with Crippen molar-refractivity contribution in [3.05, 3.63) is 70.0 Å². The van der Waals surface area contributed by atoms with Crippen LogP contribution in [-0.2, 0) is 14.9 Å². The van der Waals surface area contributed by atoms with E-state index in [1.54, 1.807) is 24.3 Å². The van der Waals surface area contributed by atoms with Crippen LogP contribution in [0.15, 0.2) is 42.5 Å². The first kappa shape index (κ1) is 20.6. The van der Waals surface area contributed by atoms with Crippen LogP contribution in [0.3, 0.4) is 0 Å². The Morgan fingerprint density at radius 2 is 1.70 bits per heavy atom. The molecule has 2 aromatic carbocycles. The Hall–Kier alpha value is -2.73. The maximum absolute atomic E-state index is 13.6. The molecule has 7 heteroatoms. The van der Waals surface area contributed by atoms with E-state index in [0.29, 0.717) is 5.56 Å². The van der Waals surface area contributed by atoms with E-state index in [0.717, 1.165) is 11.6 Å². The number of imide groups is 1. The molecule has 1 N–H and O–H groups in total. The molecule has 142 valence electrons. The Morgan fingerprint density at radius 3 is 2.26 bits per heavy atom. The number of carbonyl (C=O) groups excluding carboxylic acids is 3. The van der Waals surface area contributed by atoms with E-state index in [1.807, 2.05) is 20.8 Å². The van der Waals surface area contributed by atoms with Gasteiger partial charge in [0.15, 0.2) is 6.61 Å². The Kier molecular flexibility index (Phi) is 6.33. The quantitative estimate of drug-likeness (QED) is 0.802. The molecule has 2 aromatic rings. The second kappa shape index (κ2) is 8.31.